The van der Waals surface area contributed by atoms with E-state index >= 15 is 0 Å². The van der Waals surface area contributed by atoms with Crippen LogP contribution in [0, 0.1) is 5.82 Å². The van der Waals surface area contributed by atoms with Gasteiger partial charge in [0.15, 0.2) is 15.7 Å². The number of para-hydroxylation sites is 1. The van der Waals surface area contributed by atoms with Gasteiger partial charge < -0.3 is 4.57 Å². The molecule has 0 aliphatic carbocycles. The van der Waals surface area contributed by atoms with E-state index < -0.39 is 26.6 Å². The lowest BCUT2D eigenvalue weighted by molar-refractivity contribution is 0.363. The van der Waals surface area contributed by atoms with Crippen molar-refractivity contribution in [2.24, 2.45) is 0 Å². The maximum atomic E-state index is 14.0. The quantitative estimate of drug-likeness (QED) is 0.795. The summed E-state index contributed by atoms with van der Waals surface area (Å²) < 4.78 is 39.6. The van der Waals surface area contributed by atoms with Crippen LogP contribution in [0.25, 0.3) is 11.0 Å². The fraction of sp³-hybridized carbons (Fsp3) is 0.500. The van der Waals surface area contributed by atoms with Crippen LogP contribution in [0.2, 0.25) is 0 Å². The zero-order valence-corrected chi connectivity index (χ0v) is 13.4. The van der Waals surface area contributed by atoms with E-state index in [-0.39, 0.29) is 17.0 Å². The highest BCUT2D eigenvalue weighted by Crippen LogP contribution is 2.38. The van der Waals surface area contributed by atoms with Crippen molar-refractivity contribution in [3.05, 3.63) is 29.8 Å². The summed E-state index contributed by atoms with van der Waals surface area (Å²) in [5.74, 6) is 0.248. The van der Waals surface area contributed by atoms with Gasteiger partial charge in [0, 0.05) is 0 Å². The van der Waals surface area contributed by atoms with E-state index in [1.165, 1.54) is 6.07 Å². The van der Waals surface area contributed by atoms with E-state index in [0.29, 0.717) is 17.8 Å². The molecule has 0 radical (unpaired) electrons. The Morgan fingerprint density at radius 3 is 2.76 bits per heavy atom. The largest absolute Gasteiger partial charge is 0.320 e. The van der Waals surface area contributed by atoms with Crippen molar-refractivity contribution in [2.75, 3.05) is 11.5 Å². The second-order valence-corrected chi connectivity index (χ2v) is 8.71. The lowest BCUT2D eigenvalue weighted by Gasteiger charge is -2.28. The molecule has 0 bridgehead atoms. The van der Waals surface area contributed by atoms with Crippen molar-refractivity contribution in [3.8, 4) is 0 Å². The van der Waals surface area contributed by atoms with Gasteiger partial charge in [-0.15, -0.1) is 11.6 Å². The minimum Gasteiger partial charge on any atom is -0.320 e. The Balaban J connectivity index is 2.31. The molecule has 114 valence electrons. The SMILES string of the molecule is CC(Cl)c1nc2c(F)cccc2n1C1(C)CCS(=O)(=O)C1. The highest BCUT2D eigenvalue weighted by atomic mass is 35.5. The van der Waals surface area contributed by atoms with E-state index in [2.05, 4.69) is 4.98 Å². The predicted octanol–water partition coefficient (Wildman–Crippen LogP) is 3.01. The number of alkyl halides is 1. The summed E-state index contributed by atoms with van der Waals surface area (Å²) in [6.07, 6.45) is 0.480. The molecular formula is C14H16ClFN2O2S. The molecule has 4 nitrogen and oxygen atoms in total. The van der Waals surface area contributed by atoms with Crippen LogP contribution in [0.4, 0.5) is 4.39 Å². The van der Waals surface area contributed by atoms with Crippen molar-refractivity contribution in [1.82, 2.24) is 9.55 Å². The van der Waals surface area contributed by atoms with Crippen molar-refractivity contribution >= 4 is 32.5 Å². The molecule has 2 aromatic rings. The highest BCUT2D eigenvalue weighted by molar-refractivity contribution is 7.91. The number of sulfone groups is 1. The predicted molar refractivity (Wildman–Crippen MR) is 80.9 cm³/mol. The first-order chi connectivity index (χ1) is 9.73. The molecule has 1 fully saturated rings. The first kappa shape index (κ1) is 14.8. The Hall–Kier alpha value is -1.14. The summed E-state index contributed by atoms with van der Waals surface area (Å²) in [7, 11) is -3.09. The molecule has 1 aliphatic rings. The van der Waals surface area contributed by atoms with Crippen LogP contribution in [-0.4, -0.2) is 29.5 Å². The van der Waals surface area contributed by atoms with Gasteiger partial charge in [0.2, 0.25) is 0 Å². The maximum Gasteiger partial charge on any atom is 0.152 e. The number of rotatable bonds is 2. The van der Waals surface area contributed by atoms with Crippen LogP contribution >= 0.6 is 11.6 Å². The first-order valence-electron chi connectivity index (χ1n) is 6.75. The summed E-state index contributed by atoms with van der Waals surface area (Å²) in [4.78, 5) is 4.31. The van der Waals surface area contributed by atoms with Gasteiger partial charge in [-0.1, -0.05) is 6.07 Å². The molecule has 1 aliphatic heterocycles. The number of hydrogen-bond donors (Lipinski definition) is 0. The average Bonchev–Trinajstić information content (AvgIpc) is 2.89. The van der Waals surface area contributed by atoms with Crippen molar-refractivity contribution in [2.45, 2.75) is 31.2 Å². The lowest BCUT2D eigenvalue weighted by Crippen LogP contribution is -2.33. The fourth-order valence-corrected chi connectivity index (χ4v) is 5.35. The number of halogens is 2. The number of nitrogens with zero attached hydrogens (tertiary/aromatic N) is 2. The fourth-order valence-electron chi connectivity index (χ4n) is 3.09. The van der Waals surface area contributed by atoms with Gasteiger partial charge in [-0.25, -0.2) is 17.8 Å². The smallest absolute Gasteiger partial charge is 0.152 e. The number of aromatic nitrogens is 2. The average molecular weight is 331 g/mol. The minimum absolute atomic E-state index is 0.0264. The Labute approximate surface area is 127 Å². The molecule has 0 saturated carbocycles. The van der Waals surface area contributed by atoms with Gasteiger partial charge in [0.1, 0.15) is 11.3 Å². The Bertz CT molecular complexity index is 816. The third kappa shape index (κ3) is 2.34. The summed E-state index contributed by atoms with van der Waals surface area (Å²) in [6.45, 7) is 3.62. The molecule has 7 heteroatoms. The van der Waals surface area contributed by atoms with Gasteiger partial charge in [0.05, 0.1) is 27.9 Å². The van der Waals surface area contributed by atoms with E-state index in [0.717, 1.165) is 0 Å². The number of fused-ring (bicyclic) bond motifs is 1. The van der Waals surface area contributed by atoms with Gasteiger partial charge >= 0.3 is 0 Å². The van der Waals surface area contributed by atoms with Gasteiger partial charge in [-0.3, -0.25) is 0 Å². The standard InChI is InChI=1S/C14H16ClFN2O2S/c1-9(15)13-17-12-10(16)4-3-5-11(12)18(13)14(2)6-7-21(19,20)8-14/h3-5,9H,6-8H2,1-2H3. The summed E-state index contributed by atoms with van der Waals surface area (Å²) in [6, 6.07) is 4.70. The van der Waals surface area contributed by atoms with Crippen LogP contribution in [0.1, 0.15) is 31.5 Å². The summed E-state index contributed by atoms with van der Waals surface area (Å²) in [5, 5.41) is -0.433. The maximum absolute atomic E-state index is 14.0. The summed E-state index contributed by atoms with van der Waals surface area (Å²) >= 11 is 6.19. The lowest BCUT2D eigenvalue weighted by atomic mass is 10.0. The van der Waals surface area contributed by atoms with Crippen LogP contribution in [0.3, 0.4) is 0 Å². The van der Waals surface area contributed by atoms with E-state index in [4.69, 9.17) is 11.6 Å². The van der Waals surface area contributed by atoms with Crippen LogP contribution in [0.15, 0.2) is 18.2 Å². The molecule has 1 saturated heterocycles. The summed E-state index contributed by atoms with van der Waals surface area (Å²) in [5.41, 5.74) is 0.197. The van der Waals surface area contributed by atoms with Gasteiger partial charge in [-0.05, 0) is 32.4 Å². The van der Waals surface area contributed by atoms with Crippen LogP contribution < -0.4 is 0 Å². The third-order valence-corrected chi connectivity index (χ3v) is 6.12. The molecule has 1 aromatic carbocycles. The van der Waals surface area contributed by atoms with Gasteiger partial charge in [0.25, 0.3) is 0 Å². The molecule has 0 N–H and O–H groups in total. The van der Waals surface area contributed by atoms with E-state index in [9.17, 15) is 12.8 Å². The highest BCUT2D eigenvalue weighted by Gasteiger charge is 2.42. The number of hydrogen-bond acceptors (Lipinski definition) is 3. The Morgan fingerprint density at radius 1 is 1.48 bits per heavy atom. The van der Waals surface area contributed by atoms with Gasteiger partial charge in [-0.2, -0.15) is 0 Å². The number of benzene rings is 1. The zero-order chi connectivity index (χ0) is 15.4. The minimum atomic E-state index is -3.09. The second-order valence-electron chi connectivity index (χ2n) is 5.87. The molecule has 0 spiro atoms. The second kappa shape index (κ2) is 4.68. The molecule has 2 unspecified atom stereocenters. The molecule has 1 aromatic heterocycles. The Morgan fingerprint density at radius 2 is 2.19 bits per heavy atom. The van der Waals surface area contributed by atoms with E-state index in [1.807, 2.05) is 11.5 Å². The topological polar surface area (TPSA) is 52.0 Å². The first-order valence-corrected chi connectivity index (χ1v) is 9.01. The zero-order valence-electron chi connectivity index (χ0n) is 11.8. The van der Waals surface area contributed by atoms with E-state index in [1.54, 1.807) is 19.1 Å². The number of imidazole rings is 1. The van der Waals surface area contributed by atoms with Crippen molar-refractivity contribution < 1.29 is 12.8 Å². The molecular weight excluding hydrogens is 315 g/mol. The van der Waals surface area contributed by atoms with Crippen molar-refractivity contribution in [3.63, 3.8) is 0 Å². The third-order valence-electron chi connectivity index (χ3n) is 4.04. The molecule has 0 amide bonds. The molecule has 2 atom stereocenters. The molecule has 3 rings (SSSR count). The van der Waals surface area contributed by atoms with Crippen LogP contribution in [-0.2, 0) is 15.4 Å². The normalized spacial score (nSPS) is 26.3. The Kier molecular flexibility index (Phi) is 3.29. The molecule has 21 heavy (non-hydrogen) atoms. The monoisotopic (exact) mass is 330 g/mol. The van der Waals surface area contributed by atoms with Crippen molar-refractivity contribution in [1.29, 1.82) is 0 Å². The van der Waals surface area contributed by atoms with Crippen LogP contribution in [0.5, 0.6) is 0 Å². The molecule has 2 heterocycles.